The molecule has 1 aliphatic rings. The van der Waals surface area contributed by atoms with Crippen LogP contribution < -0.4 is 11.1 Å². The Morgan fingerprint density at radius 2 is 1.74 bits per heavy atom. The predicted octanol–water partition coefficient (Wildman–Crippen LogP) is 3.32. The summed E-state index contributed by atoms with van der Waals surface area (Å²) in [4.78, 5) is 29.7. The van der Waals surface area contributed by atoms with Gasteiger partial charge in [-0.05, 0) is 24.6 Å². The van der Waals surface area contributed by atoms with Crippen molar-refractivity contribution in [1.82, 2.24) is 34.9 Å². The second-order valence-corrected chi connectivity index (χ2v) is 8.82. The van der Waals surface area contributed by atoms with Crippen molar-refractivity contribution in [2.45, 2.75) is 37.3 Å². The Bertz CT molecular complexity index is 1590. The van der Waals surface area contributed by atoms with Crippen LogP contribution >= 0.6 is 0 Å². The molecule has 3 N–H and O–H groups in total. The first-order valence-electron chi connectivity index (χ1n) is 11.0. The summed E-state index contributed by atoms with van der Waals surface area (Å²) in [6.45, 7) is 1.56. The molecule has 1 aliphatic heterocycles. The first-order chi connectivity index (χ1) is 17.7. The molecule has 4 heterocycles. The summed E-state index contributed by atoms with van der Waals surface area (Å²) in [5.41, 5.74) is 5.44. The summed E-state index contributed by atoms with van der Waals surface area (Å²) >= 11 is 0. The normalized spacial score (nSPS) is 17.6. The Labute approximate surface area is 209 Å². The number of aromatic nitrogens is 7. The van der Waals surface area contributed by atoms with E-state index in [4.69, 9.17) is 5.73 Å². The van der Waals surface area contributed by atoms with Crippen LogP contribution in [0.25, 0.3) is 22.7 Å². The van der Waals surface area contributed by atoms with Gasteiger partial charge in [0.15, 0.2) is 17.0 Å². The topological polar surface area (TPSA) is 137 Å². The number of carbonyl (C=O) groups excluding carboxylic acids is 1. The van der Waals surface area contributed by atoms with Crippen LogP contribution in [0.3, 0.4) is 0 Å². The molecule has 198 valence electrons. The fourth-order valence-electron chi connectivity index (χ4n) is 4.21. The molecule has 3 aromatic heterocycles. The van der Waals surface area contributed by atoms with Gasteiger partial charge >= 0.3 is 12.1 Å². The number of benzene rings is 1. The molecule has 0 fully saturated rings. The third-order valence-electron chi connectivity index (χ3n) is 6.33. The molecule has 0 aliphatic carbocycles. The maximum Gasteiger partial charge on any atom is 0.453 e. The maximum absolute atomic E-state index is 13.5. The smallest absolute Gasteiger partial charge is 0.383 e. The van der Waals surface area contributed by atoms with Crippen molar-refractivity contribution >= 4 is 28.7 Å². The van der Waals surface area contributed by atoms with Gasteiger partial charge in [-0.15, -0.1) is 5.10 Å². The molecule has 10 nitrogen and oxygen atoms in total. The maximum atomic E-state index is 13.5. The number of hydrogen-bond acceptors (Lipinski definition) is 8. The number of nitrogens with one attached hydrogen (secondary N) is 1. The summed E-state index contributed by atoms with van der Waals surface area (Å²) in [6.07, 6.45) is -8.16. The van der Waals surface area contributed by atoms with E-state index in [0.717, 1.165) is 0 Å². The average Bonchev–Trinajstić information content (AvgIpc) is 3.34. The van der Waals surface area contributed by atoms with Gasteiger partial charge < -0.3 is 11.1 Å². The van der Waals surface area contributed by atoms with E-state index in [1.807, 2.05) is 0 Å². The lowest BCUT2D eigenvalue weighted by Crippen LogP contribution is -2.36. The molecule has 0 saturated heterocycles. The van der Waals surface area contributed by atoms with E-state index >= 15 is 0 Å². The van der Waals surface area contributed by atoms with Crippen molar-refractivity contribution in [3.8, 4) is 11.5 Å². The zero-order valence-corrected chi connectivity index (χ0v) is 19.6. The van der Waals surface area contributed by atoms with Gasteiger partial charge in [0, 0.05) is 19.9 Å². The molecule has 1 atom stereocenters. The van der Waals surface area contributed by atoms with Gasteiger partial charge in [0.1, 0.15) is 34.4 Å². The van der Waals surface area contributed by atoms with E-state index in [1.54, 1.807) is 6.92 Å². The molecule has 1 amide bonds. The van der Waals surface area contributed by atoms with Crippen molar-refractivity contribution < 1.29 is 31.1 Å². The van der Waals surface area contributed by atoms with Gasteiger partial charge in [-0.3, -0.25) is 4.79 Å². The third-order valence-corrected chi connectivity index (χ3v) is 6.33. The second kappa shape index (κ2) is 8.32. The van der Waals surface area contributed by atoms with Crippen LogP contribution in [-0.2, 0) is 23.7 Å². The van der Waals surface area contributed by atoms with Crippen LogP contribution in [0.5, 0.6) is 0 Å². The van der Waals surface area contributed by atoms with Crippen molar-refractivity contribution in [1.29, 1.82) is 0 Å². The van der Waals surface area contributed by atoms with Crippen molar-refractivity contribution in [2.24, 2.45) is 7.05 Å². The number of aryl methyl sites for hydroxylation is 2. The predicted molar refractivity (Wildman–Crippen MR) is 120 cm³/mol. The van der Waals surface area contributed by atoms with Crippen LogP contribution in [0, 0.1) is 5.82 Å². The van der Waals surface area contributed by atoms with Crippen molar-refractivity contribution in [2.75, 3.05) is 11.1 Å². The number of alkyl halides is 5. The van der Waals surface area contributed by atoms with Gasteiger partial charge in [0.2, 0.25) is 5.91 Å². The minimum Gasteiger partial charge on any atom is -0.383 e. The van der Waals surface area contributed by atoms with E-state index in [1.165, 1.54) is 36.0 Å². The van der Waals surface area contributed by atoms with Gasteiger partial charge in [-0.1, -0.05) is 17.3 Å². The lowest BCUT2D eigenvalue weighted by Gasteiger charge is -2.23. The highest BCUT2D eigenvalue weighted by molar-refractivity contribution is 6.09. The molecule has 16 heteroatoms. The number of rotatable bonds is 5. The van der Waals surface area contributed by atoms with Crippen LogP contribution in [0.1, 0.15) is 30.3 Å². The number of hydrogen-bond donors (Lipinski definition) is 2. The zero-order valence-electron chi connectivity index (χ0n) is 19.6. The number of nitrogen functional groups attached to an aromatic ring is 1. The summed E-state index contributed by atoms with van der Waals surface area (Å²) in [7, 11) is 1.44. The van der Waals surface area contributed by atoms with E-state index in [9.17, 15) is 31.1 Å². The molecule has 0 spiro atoms. The van der Waals surface area contributed by atoms with Gasteiger partial charge in [-0.25, -0.2) is 29.0 Å². The Morgan fingerprint density at radius 3 is 2.39 bits per heavy atom. The van der Waals surface area contributed by atoms with E-state index < -0.39 is 42.1 Å². The number of nitrogens with zero attached hydrogens (tertiary/aromatic N) is 7. The summed E-state index contributed by atoms with van der Waals surface area (Å²) in [6, 6.07) is 5.22. The van der Waals surface area contributed by atoms with E-state index in [0.29, 0.717) is 5.56 Å². The number of amides is 1. The molecular formula is C22H17F6N9O. The first-order valence-corrected chi connectivity index (χ1v) is 11.0. The largest absolute Gasteiger partial charge is 0.453 e. The molecule has 4 aromatic rings. The van der Waals surface area contributed by atoms with Crippen LogP contribution in [0.15, 0.2) is 24.3 Å². The number of fused-ring (bicyclic) bond motifs is 2. The standard InChI is InChI=1S/C22H17F6N9O/c1-20(9-3-5-10(23)6-4-9)12-15(29)32-17(33-16(12)34-19(20)38)13-14-18(37(2)36-35-14)31-11(30-13)7-8-21(24,25)22(26,27)28/h3-6H,7-8H2,1-2H3,(H3,29,32,33,34,38). The van der Waals surface area contributed by atoms with Crippen LogP contribution in [0.2, 0.25) is 0 Å². The quantitative estimate of drug-likeness (QED) is 0.370. The Morgan fingerprint density at radius 1 is 1.05 bits per heavy atom. The highest BCUT2D eigenvalue weighted by Gasteiger charge is 2.56. The number of anilines is 2. The van der Waals surface area contributed by atoms with Crippen LogP contribution in [0.4, 0.5) is 38.0 Å². The molecule has 1 aromatic carbocycles. The average molecular weight is 537 g/mol. The molecular weight excluding hydrogens is 520 g/mol. The molecule has 0 saturated carbocycles. The first kappa shape index (κ1) is 25.3. The Hall–Kier alpha value is -4.37. The minimum absolute atomic E-state index is 0.0186. The fraction of sp³-hybridized carbons (Fsp3) is 0.318. The highest BCUT2D eigenvalue weighted by Crippen LogP contribution is 2.45. The summed E-state index contributed by atoms with van der Waals surface area (Å²) in [5, 5.41) is 10.3. The third kappa shape index (κ3) is 3.86. The van der Waals surface area contributed by atoms with Crippen molar-refractivity contribution in [3.05, 3.63) is 47.0 Å². The molecule has 0 radical (unpaired) electrons. The molecule has 0 bridgehead atoms. The van der Waals surface area contributed by atoms with Crippen molar-refractivity contribution in [3.63, 3.8) is 0 Å². The monoisotopic (exact) mass is 537 g/mol. The van der Waals surface area contributed by atoms with Gasteiger partial charge in [-0.2, -0.15) is 22.0 Å². The van der Waals surface area contributed by atoms with Crippen LogP contribution in [-0.4, -0.2) is 52.9 Å². The minimum atomic E-state index is -5.74. The van der Waals surface area contributed by atoms with E-state index in [2.05, 4.69) is 35.6 Å². The SMILES string of the molecule is Cn1nnc2c(-c3nc(N)c4c(n3)NC(=O)C4(C)c3ccc(F)cc3)nc(CCC(F)(F)C(F)(F)F)nc21. The summed E-state index contributed by atoms with van der Waals surface area (Å²) in [5.74, 6) is -6.65. The zero-order chi connectivity index (χ0) is 27.6. The van der Waals surface area contributed by atoms with Gasteiger partial charge in [0.05, 0.1) is 5.56 Å². The lowest BCUT2D eigenvalue weighted by atomic mass is 9.78. The molecule has 38 heavy (non-hydrogen) atoms. The van der Waals surface area contributed by atoms with E-state index in [-0.39, 0.29) is 45.7 Å². The number of carbonyl (C=O) groups is 1. The fourth-order valence-corrected chi connectivity index (χ4v) is 4.21. The summed E-state index contributed by atoms with van der Waals surface area (Å²) < 4.78 is 79.7. The molecule has 1 unspecified atom stereocenters. The second-order valence-electron chi connectivity index (χ2n) is 8.82. The van der Waals surface area contributed by atoms with Gasteiger partial charge in [0.25, 0.3) is 0 Å². The highest BCUT2D eigenvalue weighted by atomic mass is 19.4. The molecule has 5 rings (SSSR count). The number of halogens is 6. The Kier molecular flexibility index (Phi) is 5.54. The lowest BCUT2D eigenvalue weighted by molar-refractivity contribution is -0.284. The number of nitrogens with two attached hydrogens (primary N) is 1. The Balaban J connectivity index is 1.61.